The van der Waals surface area contributed by atoms with E-state index in [1.165, 1.54) is 16.8 Å². The third-order valence-corrected chi connectivity index (χ3v) is 2.55. The average molecular weight is 239 g/mol. The lowest BCUT2D eigenvalue weighted by molar-refractivity contribution is -0.0163. The minimum absolute atomic E-state index is 0.134. The molecule has 1 aliphatic heterocycles. The topological polar surface area (TPSA) is 111 Å². The zero-order valence-electron chi connectivity index (χ0n) is 8.98. The van der Waals surface area contributed by atoms with Gasteiger partial charge in [0.25, 0.3) is 0 Å². The first kappa shape index (κ1) is 11.8. The minimum atomic E-state index is -0.671. The summed E-state index contributed by atoms with van der Waals surface area (Å²) in [5.41, 5.74) is 5.38. The Labute approximate surface area is 96.8 Å². The molecule has 7 nitrogen and oxygen atoms in total. The van der Waals surface area contributed by atoms with Crippen LogP contribution in [0.25, 0.3) is 0 Å². The number of hydrogen-bond acceptors (Lipinski definition) is 6. The Morgan fingerprint density at radius 2 is 2.29 bits per heavy atom. The van der Waals surface area contributed by atoms with Crippen LogP contribution in [0.1, 0.15) is 6.23 Å². The van der Waals surface area contributed by atoms with Crippen molar-refractivity contribution in [2.45, 2.75) is 12.3 Å². The number of aliphatic hydroxyl groups is 2. The molecule has 0 aromatic carbocycles. The minimum Gasteiger partial charge on any atom is -0.393 e. The maximum atomic E-state index is 11.6. The van der Waals surface area contributed by atoms with Crippen molar-refractivity contribution in [3.05, 3.63) is 34.4 Å². The van der Waals surface area contributed by atoms with E-state index in [-0.39, 0.29) is 19.0 Å². The summed E-state index contributed by atoms with van der Waals surface area (Å²) >= 11 is 0. The Hall–Kier alpha value is -1.70. The molecule has 0 fully saturated rings. The number of anilines is 1. The van der Waals surface area contributed by atoms with Crippen LogP contribution in [0.5, 0.6) is 0 Å². The molecule has 7 heteroatoms. The smallest absolute Gasteiger partial charge is 0.351 e. The van der Waals surface area contributed by atoms with Gasteiger partial charge in [-0.2, -0.15) is 4.98 Å². The van der Waals surface area contributed by atoms with Crippen molar-refractivity contribution in [1.82, 2.24) is 9.55 Å². The maximum Gasteiger partial charge on any atom is 0.351 e. The van der Waals surface area contributed by atoms with Gasteiger partial charge in [0, 0.05) is 6.20 Å². The van der Waals surface area contributed by atoms with E-state index in [4.69, 9.17) is 20.7 Å². The number of rotatable bonds is 3. The van der Waals surface area contributed by atoms with Crippen LogP contribution < -0.4 is 11.4 Å². The number of hydrogen-bond donors (Lipinski definition) is 3. The van der Waals surface area contributed by atoms with E-state index >= 15 is 0 Å². The molecule has 0 spiro atoms. The van der Waals surface area contributed by atoms with Gasteiger partial charge in [0.05, 0.1) is 13.2 Å². The molecule has 0 aliphatic carbocycles. The first-order valence-corrected chi connectivity index (χ1v) is 5.08. The lowest BCUT2D eigenvalue weighted by Crippen LogP contribution is -2.28. The van der Waals surface area contributed by atoms with Crippen molar-refractivity contribution in [2.24, 2.45) is 0 Å². The van der Waals surface area contributed by atoms with Crippen molar-refractivity contribution in [3.63, 3.8) is 0 Å². The zero-order chi connectivity index (χ0) is 12.4. The Bertz CT molecular complexity index is 497. The van der Waals surface area contributed by atoms with Crippen molar-refractivity contribution < 1.29 is 14.9 Å². The third-order valence-electron chi connectivity index (χ3n) is 2.55. The Morgan fingerprint density at radius 3 is 2.82 bits per heavy atom. The molecule has 2 rings (SSSR count). The van der Waals surface area contributed by atoms with Crippen molar-refractivity contribution >= 4 is 5.82 Å². The molecule has 1 aliphatic rings. The highest BCUT2D eigenvalue weighted by Crippen LogP contribution is 2.25. The fourth-order valence-electron chi connectivity index (χ4n) is 1.67. The van der Waals surface area contributed by atoms with E-state index in [0.29, 0.717) is 5.57 Å². The van der Waals surface area contributed by atoms with Gasteiger partial charge in [-0.25, -0.2) is 4.79 Å². The van der Waals surface area contributed by atoms with Crippen LogP contribution >= 0.6 is 0 Å². The number of ether oxygens (including phenoxy) is 1. The maximum absolute atomic E-state index is 11.6. The van der Waals surface area contributed by atoms with Crippen molar-refractivity contribution in [3.8, 4) is 0 Å². The highest BCUT2D eigenvalue weighted by Gasteiger charge is 2.27. The predicted octanol–water partition coefficient (Wildman–Crippen LogP) is -1.37. The largest absolute Gasteiger partial charge is 0.393 e. The van der Waals surface area contributed by atoms with E-state index in [0.717, 1.165) is 0 Å². The van der Waals surface area contributed by atoms with Gasteiger partial charge in [0.15, 0.2) is 6.23 Å². The van der Waals surface area contributed by atoms with E-state index in [1.54, 1.807) is 6.08 Å². The van der Waals surface area contributed by atoms with E-state index < -0.39 is 18.0 Å². The molecule has 92 valence electrons. The van der Waals surface area contributed by atoms with Crippen LogP contribution in [-0.4, -0.2) is 39.1 Å². The molecule has 0 unspecified atom stereocenters. The Balaban J connectivity index is 2.31. The second kappa shape index (κ2) is 4.66. The standard InChI is InChI=1S/C10H13N3O4/c11-8-1-2-13(10(16)12-8)9-3-6(4-14)7(5-15)17-9/h1-3,7,9,14-15H,4-5H2,(H2,11,12,16)/t7-,9-/m1/s1. The first-order valence-electron chi connectivity index (χ1n) is 5.08. The van der Waals surface area contributed by atoms with Crippen LogP contribution in [0.4, 0.5) is 5.82 Å². The molecule has 0 amide bonds. The second-order valence-electron chi connectivity index (χ2n) is 3.64. The van der Waals surface area contributed by atoms with Crippen LogP contribution in [0.3, 0.4) is 0 Å². The van der Waals surface area contributed by atoms with Gasteiger partial charge in [0.1, 0.15) is 11.9 Å². The molecule has 4 N–H and O–H groups in total. The normalized spacial score (nSPS) is 23.8. The average Bonchev–Trinajstić information content (AvgIpc) is 2.72. The SMILES string of the molecule is Nc1ccn([C@H]2C=C(CO)[C@@H](CO)O2)c(=O)n1. The van der Waals surface area contributed by atoms with Gasteiger partial charge in [-0.15, -0.1) is 0 Å². The van der Waals surface area contributed by atoms with E-state index in [9.17, 15) is 4.79 Å². The zero-order valence-corrected chi connectivity index (χ0v) is 8.98. The van der Waals surface area contributed by atoms with Gasteiger partial charge in [-0.1, -0.05) is 0 Å². The van der Waals surface area contributed by atoms with Crippen LogP contribution in [0, 0.1) is 0 Å². The molecule has 0 radical (unpaired) electrons. The van der Waals surface area contributed by atoms with Gasteiger partial charge in [-0.05, 0) is 17.7 Å². The van der Waals surface area contributed by atoms with Gasteiger partial charge in [0.2, 0.25) is 0 Å². The lowest BCUT2D eigenvalue weighted by Gasteiger charge is -2.15. The molecule has 17 heavy (non-hydrogen) atoms. The fourth-order valence-corrected chi connectivity index (χ4v) is 1.67. The number of nitrogens with two attached hydrogens (primary N) is 1. The molecule has 1 aromatic rings. The summed E-state index contributed by atoms with van der Waals surface area (Å²) in [4.78, 5) is 15.1. The summed E-state index contributed by atoms with van der Waals surface area (Å²) in [5, 5.41) is 18.1. The van der Waals surface area contributed by atoms with E-state index in [1.807, 2.05) is 0 Å². The molecule has 0 bridgehead atoms. The number of nitrogen functional groups attached to an aromatic ring is 1. The quantitative estimate of drug-likeness (QED) is 0.561. The van der Waals surface area contributed by atoms with E-state index in [2.05, 4.69) is 4.98 Å². The molecule has 0 saturated heterocycles. The van der Waals surface area contributed by atoms with Crippen LogP contribution in [0.15, 0.2) is 28.7 Å². The summed E-state index contributed by atoms with van der Waals surface area (Å²) in [6.07, 6.45) is 1.78. The highest BCUT2D eigenvalue weighted by molar-refractivity contribution is 5.24. The molecule has 0 saturated carbocycles. The predicted molar refractivity (Wildman–Crippen MR) is 59.1 cm³/mol. The molecule has 2 heterocycles. The molecule has 2 atom stereocenters. The summed E-state index contributed by atoms with van der Waals surface area (Å²) in [5.74, 6) is 0.134. The summed E-state index contributed by atoms with van der Waals surface area (Å²) in [7, 11) is 0. The number of nitrogens with zero attached hydrogens (tertiary/aromatic N) is 2. The summed E-state index contributed by atoms with van der Waals surface area (Å²) < 4.78 is 6.64. The monoisotopic (exact) mass is 239 g/mol. The fraction of sp³-hybridized carbons (Fsp3) is 0.400. The lowest BCUT2D eigenvalue weighted by atomic mass is 10.2. The van der Waals surface area contributed by atoms with Crippen molar-refractivity contribution in [2.75, 3.05) is 18.9 Å². The first-order chi connectivity index (χ1) is 8.15. The third kappa shape index (κ3) is 2.21. The number of aliphatic hydroxyl groups excluding tert-OH is 2. The number of aromatic nitrogens is 2. The second-order valence-corrected chi connectivity index (χ2v) is 3.64. The molecule has 1 aromatic heterocycles. The molecular formula is C10H13N3O4. The van der Waals surface area contributed by atoms with Gasteiger partial charge >= 0.3 is 5.69 Å². The highest BCUT2D eigenvalue weighted by atomic mass is 16.5. The molecular weight excluding hydrogens is 226 g/mol. The van der Waals surface area contributed by atoms with Gasteiger partial charge < -0.3 is 20.7 Å². The Kier molecular flexibility index (Phi) is 3.23. The van der Waals surface area contributed by atoms with Crippen LogP contribution in [0.2, 0.25) is 0 Å². The van der Waals surface area contributed by atoms with Gasteiger partial charge in [-0.3, -0.25) is 4.57 Å². The summed E-state index contributed by atoms with van der Waals surface area (Å²) in [6, 6.07) is 1.48. The van der Waals surface area contributed by atoms with Crippen molar-refractivity contribution in [1.29, 1.82) is 0 Å². The van der Waals surface area contributed by atoms with Crippen LogP contribution in [-0.2, 0) is 4.74 Å². The Morgan fingerprint density at radius 1 is 1.53 bits per heavy atom. The summed E-state index contributed by atoms with van der Waals surface area (Å²) in [6.45, 7) is -0.473.